The standard InChI is InChI=1S/C19H21ClN2O4S/c1-2-25-19(24)13-4-3-9-22(10-13)18(23)16-12-27-17(21-16)11-26-15-7-5-14(20)6-8-15/h5-8,12-13H,2-4,9-11H2,1H3. The van der Waals surface area contributed by atoms with Crippen molar-refractivity contribution in [2.45, 2.75) is 26.4 Å². The molecule has 0 radical (unpaired) electrons. The first-order chi connectivity index (χ1) is 13.1. The Morgan fingerprint density at radius 1 is 1.33 bits per heavy atom. The summed E-state index contributed by atoms with van der Waals surface area (Å²) in [6.07, 6.45) is 1.53. The van der Waals surface area contributed by atoms with E-state index < -0.39 is 0 Å². The smallest absolute Gasteiger partial charge is 0.310 e. The first-order valence-corrected chi connectivity index (χ1v) is 10.1. The summed E-state index contributed by atoms with van der Waals surface area (Å²) in [5.74, 6) is 0.0492. The number of benzene rings is 1. The Balaban J connectivity index is 1.57. The Morgan fingerprint density at radius 3 is 2.85 bits per heavy atom. The highest BCUT2D eigenvalue weighted by Gasteiger charge is 2.30. The van der Waals surface area contributed by atoms with Gasteiger partial charge in [0.05, 0.1) is 12.5 Å². The van der Waals surface area contributed by atoms with Crippen LogP contribution in [0.2, 0.25) is 5.02 Å². The third kappa shape index (κ3) is 5.20. The summed E-state index contributed by atoms with van der Waals surface area (Å²) in [5.41, 5.74) is 0.388. The first-order valence-electron chi connectivity index (χ1n) is 8.85. The van der Waals surface area contributed by atoms with Crippen molar-refractivity contribution in [2.75, 3.05) is 19.7 Å². The Labute approximate surface area is 167 Å². The molecule has 1 aliphatic heterocycles. The van der Waals surface area contributed by atoms with E-state index in [1.54, 1.807) is 41.5 Å². The molecule has 1 atom stereocenters. The molecule has 0 N–H and O–H groups in total. The molecule has 1 amide bonds. The highest BCUT2D eigenvalue weighted by atomic mass is 35.5. The first kappa shape index (κ1) is 19.6. The minimum absolute atomic E-state index is 0.155. The van der Waals surface area contributed by atoms with Gasteiger partial charge in [-0.05, 0) is 44.0 Å². The molecule has 8 heteroatoms. The number of halogens is 1. The van der Waals surface area contributed by atoms with Crippen LogP contribution in [0, 0.1) is 5.92 Å². The topological polar surface area (TPSA) is 68.7 Å². The molecule has 6 nitrogen and oxygen atoms in total. The average molecular weight is 409 g/mol. The molecule has 27 heavy (non-hydrogen) atoms. The number of thiazole rings is 1. The van der Waals surface area contributed by atoms with Crippen LogP contribution in [0.3, 0.4) is 0 Å². The van der Waals surface area contributed by atoms with Gasteiger partial charge in [0.2, 0.25) is 0 Å². The van der Waals surface area contributed by atoms with E-state index in [0.717, 1.165) is 12.8 Å². The van der Waals surface area contributed by atoms with Crippen LogP contribution in [0.4, 0.5) is 0 Å². The van der Waals surface area contributed by atoms with Crippen molar-refractivity contribution in [3.05, 3.63) is 45.4 Å². The Bertz CT molecular complexity index is 793. The van der Waals surface area contributed by atoms with Crippen LogP contribution in [-0.2, 0) is 16.1 Å². The SMILES string of the molecule is CCOC(=O)C1CCCN(C(=O)c2csc(COc3ccc(Cl)cc3)n2)C1. The van der Waals surface area contributed by atoms with Gasteiger partial charge < -0.3 is 14.4 Å². The van der Waals surface area contributed by atoms with Gasteiger partial charge in [0.25, 0.3) is 5.91 Å². The van der Waals surface area contributed by atoms with Crippen molar-refractivity contribution in [3.8, 4) is 5.75 Å². The van der Waals surface area contributed by atoms with E-state index in [0.29, 0.717) is 41.2 Å². The number of aromatic nitrogens is 1. The highest BCUT2D eigenvalue weighted by Crippen LogP contribution is 2.22. The Hall–Kier alpha value is -2.12. The van der Waals surface area contributed by atoms with Crippen molar-refractivity contribution < 1.29 is 19.1 Å². The molecule has 2 heterocycles. The summed E-state index contributed by atoms with van der Waals surface area (Å²) in [7, 11) is 0. The number of hydrogen-bond donors (Lipinski definition) is 0. The van der Waals surface area contributed by atoms with Crippen molar-refractivity contribution >= 4 is 34.8 Å². The number of ether oxygens (including phenoxy) is 2. The molecule has 1 fully saturated rings. The minimum atomic E-state index is -0.256. The number of esters is 1. The molecular formula is C19H21ClN2O4S. The number of rotatable bonds is 6. The van der Waals surface area contributed by atoms with Crippen LogP contribution in [-0.4, -0.2) is 41.5 Å². The summed E-state index contributed by atoms with van der Waals surface area (Å²) in [6.45, 7) is 3.43. The predicted molar refractivity (Wildman–Crippen MR) is 103 cm³/mol. The van der Waals surface area contributed by atoms with Gasteiger partial charge in [-0.2, -0.15) is 0 Å². The summed E-state index contributed by atoms with van der Waals surface area (Å²) < 4.78 is 10.7. The molecule has 3 rings (SSSR count). The van der Waals surface area contributed by atoms with Crippen molar-refractivity contribution in [3.63, 3.8) is 0 Å². The molecule has 1 saturated heterocycles. The van der Waals surface area contributed by atoms with E-state index in [2.05, 4.69) is 4.98 Å². The zero-order valence-corrected chi connectivity index (χ0v) is 16.6. The maximum atomic E-state index is 12.7. The average Bonchev–Trinajstić information content (AvgIpc) is 3.16. The number of hydrogen-bond acceptors (Lipinski definition) is 6. The van der Waals surface area contributed by atoms with Crippen LogP contribution in [0.25, 0.3) is 0 Å². The molecule has 0 spiro atoms. The van der Waals surface area contributed by atoms with E-state index >= 15 is 0 Å². The molecule has 2 aromatic rings. The van der Waals surface area contributed by atoms with Gasteiger partial charge in [-0.3, -0.25) is 9.59 Å². The molecule has 1 unspecified atom stereocenters. The predicted octanol–water partition coefficient (Wildman–Crippen LogP) is 3.79. The maximum Gasteiger partial charge on any atom is 0.310 e. The summed E-state index contributed by atoms with van der Waals surface area (Å²) in [5, 5.41) is 3.09. The second-order valence-corrected chi connectivity index (χ2v) is 7.59. The van der Waals surface area contributed by atoms with Crippen molar-refractivity contribution in [1.82, 2.24) is 9.88 Å². The van der Waals surface area contributed by atoms with Gasteiger partial charge in [-0.15, -0.1) is 11.3 Å². The van der Waals surface area contributed by atoms with Gasteiger partial charge in [-0.1, -0.05) is 11.6 Å². The lowest BCUT2D eigenvalue weighted by atomic mass is 9.98. The number of amides is 1. The monoisotopic (exact) mass is 408 g/mol. The van der Waals surface area contributed by atoms with E-state index in [-0.39, 0.29) is 24.4 Å². The fourth-order valence-electron chi connectivity index (χ4n) is 2.93. The van der Waals surface area contributed by atoms with Gasteiger partial charge >= 0.3 is 5.97 Å². The molecule has 0 saturated carbocycles. The lowest BCUT2D eigenvalue weighted by Gasteiger charge is -2.31. The third-order valence-electron chi connectivity index (χ3n) is 4.28. The van der Waals surface area contributed by atoms with Gasteiger partial charge in [0.15, 0.2) is 0 Å². The largest absolute Gasteiger partial charge is 0.486 e. The van der Waals surface area contributed by atoms with Crippen LogP contribution in [0.1, 0.15) is 35.3 Å². The lowest BCUT2D eigenvalue weighted by Crippen LogP contribution is -2.43. The van der Waals surface area contributed by atoms with E-state index in [1.165, 1.54) is 11.3 Å². The number of carbonyl (C=O) groups excluding carboxylic acids is 2. The molecule has 144 valence electrons. The minimum Gasteiger partial charge on any atom is -0.486 e. The van der Waals surface area contributed by atoms with E-state index in [4.69, 9.17) is 21.1 Å². The van der Waals surface area contributed by atoms with Crippen LogP contribution in [0.15, 0.2) is 29.6 Å². The van der Waals surface area contributed by atoms with E-state index in [1.807, 2.05) is 0 Å². The van der Waals surface area contributed by atoms with Gasteiger partial charge in [0, 0.05) is 23.5 Å². The van der Waals surface area contributed by atoms with Crippen LogP contribution >= 0.6 is 22.9 Å². The maximum absolute atomic E-state index is 12.7. The summed E-state index contributed by atoms with van der Waals surface area (Å²) in [6, 6.07) is 7.07. The van der Waals surface area contributed by atoms with Crippen LogP contribution in [0.5, 0.6) is 5.75 Å². The van der Waals surface area contributed by atoms with Crippen LogP contribution < -0.4 is 4.74 Å². The molecule has 1 aromatic carbocycles. The third-order valence-corrected chi connectivity index (χ3v) is 5.35. The normalized spacial score (nSPS) is 16.8. The lowest BCUT2D eigenvalue weighted by molar-refractivity contribution is -0.149. The zero-order valence-electron chi connectivity index (χ0n) is 15.0. The van der Waals surface area contributed by atoms with E-state index in [9.17, 15) is 9.59 Å². The number of nitrogens with zero attached hydrogens (tertiary/aromatic N) is 2. The quantitative estimate of drug-likeness (QED) is 0.680. The van der Waals surface area contributed by atoms with Gasteiger partial charge in [0.1, 0.15) is 23.1 Å². The fourth-order valence-corrected chi connectivity index (χ4v) is 3.73. The zero-order chi connectivity index (χ0) is 19.2. The number of likely N-dealkylation sites (tertiary alicyclic amines) is 1. The number of piperidine rings is 1. The second-order valence-electron chi connectivity index (χ2n) is 6.21. The Morgan fingerprint density at radius 2 is 2.11 bits per heavy atom. The second kappa shape index (κ2) is 9.19. The number of carbonyl (C=O) groups is 2. The fraction of sp³-hybridized carbons (Fsp3) is 0.421. The molecule has 0 aliphatic carbocycles. The highest BCUT2D eigenvalue weighted by molar-refractivity contribution is 7.09. The van der Waals surface area contributed by atoms with Crippen molar-refractivity contribution in [1.29, 1.82) is 0 Å². The Kier molecular flexibility index (Phi) is 6.68. The molecule has 0 bridgehead atoms. The summed E-state index contributed by atoms with van der Waals surface area (Å²) >= 11 is 7.23. The van der Waals surface area contributed by atoms with Gasteiger partial charge in [-0.25, -0.2) is 4.98 Å². The summed E-state index contributed by atoms with van der Waals surface area (Å²) in [4.78, 5) is 30.7. The molecule has 1 aromatic heterocycles. The molecule has 1 aliphatic rings. The molecular weight excluding hydrogens is 388 g/mol. The van der Waals surface area contributed by atoms with Crippen molar-refractivity contribution in [2.24, 2.45) is 5.92 Å².